The van der Waals surface area contributed by atoms with E-state index in [2.05, 4.69) is 10.3 Å². The summed E-state index contributed by atoms with van der Waals surface area (Å²) in [6.45, 7) is 2.29. The maximum absolute atomic E-state index is 12.3. The van der Waals surface area contributed by atoms with Crippen LogP contribution in [0.1, 0.15) is 28.4 Å². The summed E-state index contributed by atoms with van der Waals surface area (Å²) in [6.07, 6.45) is 5.16. The molecule has 1 N–H and O–H groups in total. The highest BCUT2D eigenvalue weighted by atomic mass is 32.2. The zero-order valence-corrected chi connectivity index (χ0v) is 14.4. The first kappa shape index (κ1) is 16.4. The summed E-state index contributed by atoms with van der Waals surface area (Å²) in [5, 5.41) is 2.86. The molecule has 1 aromatic heterocycles. The third-order valence-corrected chi connectivity index (χ3v) is 5.33. The van der Waals surface area contributed by atoms with Crippen molar-refractivity contribution in [2.75, 3.05) is 10.6 Å². The molecule has 1 aliphatic heterocycles. The van der Waals surface area contributed by atoms with Gasteiger partial charge in [-0.2, -0.15) is 0 Å². The Labute approximate surface area is 141 Å². The molecule has 7 heteroatoms. The minimum atomic E-state index is -3.32. The van der Waals surface area contributed by atoms with E-state index in [4.69, 9.17) is 0 Å². The highest BCUT2D eigenvalue weighted by Gasteiger charge is 2.32. The number of carbonyl (C=O) groups is 1. The molecule has 0 radical (unpaired) electrons. The monoisotopic (exact) mass is 345 g/mol. The van der Waals surface area contributed by atoms with E-state index in [0.717, 1.165) is 11.1 Å². The molecule has 2 heterocycles. The molecular formula is C17H19N3O3S. The van der Waals surface area contributed by atoms with Crippen molar-refractivity contribution in [3.8, 4) is 0 Å². The van der Waals surface area contributed by atoms with Crippen LogP contribution in [0.15, 0.2) is 42.7 Å². The van der Waals surface area contributed by atoms with Gasteiger partial charge in [0.2, 0.25) is 10.0 Å². The summed E-state index contributed by atoms with van der Waals surface area (Å²) in [5.74, 6) is -0.180. The number of rotatable bonds is 4. The highest BCUT2D eigenvalue weighted by molar-refractivity contribution is 7.92. The maximum atomic E-state index is 12.3. The van der Waals surface area contributed by atoms with Crippen LogP contribution in [0.3, 0.4) is 0 Å². The van der Waals surface area contributed by atoms with Gasteiger partial charge in [0.25, 0.3) is 5.91 Å². The smallest absolute Gasteiger partial charge is 0.251 e. The van der Waals surface area contributed by atoms with E-state index in [1.54, 1.807) is 30.6 Å². The van der Waals surface area contributed by atoms with Crippen LogP contribution in [0.25, 0.3) is 0 Å². The van der Waals surface area contributed by atoms with Crippen LogP contribution in [-0.4, -0.2) is 31.6 Å². The number of benzene rings is 1. The molecule has 1 amide bonds. The van der Waals surface area contributed by atoms with Crippen LogP contribution in [0.5, 0.6) is 0 Å². The standard InChI is InChI=1S/C17H19N3O3S/c1-12-9-15-10-14(3-4-16(15)20(12)24(2,22)23)17(21)19-11-13-5-7-18-8-6-13/h3-8,10,12H,9,11H2,1-2H3,(H,19,21). The second-order valence-corrected chi connectivity index (χ2v) is 7.85. The van der Waals surface area contributed by atoms with Crippen molar-refractivity contribution in [3.05, 3.63) is 59.4 Å². The molecule has 6 nitrogen and oxygen atoms in total. The molecule has 24 heavy (non-hydrogen) atoms. The molecule has 2 aromatic rings. The Morgan fingerprint density at radius 1 is 1.29 bits per heavy atom. The predicted octanol–water partition coefficient (Wildman–Crippen LogP) is 1.72. The lowest BCUT2D eigenvalue weighted by molar-refractivity contribution is 0.0951. The van der Waals surface area contributed by atoms with Gasteiger partial charge < -0.3 is 5.32 Å². The summed E-state index contributed by atoms with van der Waals surface area (Å²) in [4.78, 5) is 16.3. The number of hydrogen-bond donors (Lipinski definition) is 1. The Balaban J connectivity index is 1.77. The topological polar surface area (TPSA) is 79.4 Å². The average molecular weight is 345 g/mol. The van der Waals surface area contributed by atoms with E-state index in [0.29, 0.717) is 24.2 Å². The van der Waals surface area contributed by atoms with Crippen molar-refractivity contribution in [2.45, 2.75) is 25.9 Å². The second-order valence-electron chi connectivity index (χ2n) is 5.99. The van der Waals surface area contributed by atoms with E-state index in [1.165, 1.54) is 10.6 Å². The lowest BCUT2D eigenvalue weighted by Crippen LogP contribution is -2.34. The van der Waals surface area contributed by atoms with Gasteiger partial charge in [0.15, 0.2) is 0 Å². The zero-order valence-electron chi connectivity index (χ0n) is 13.6. The van der Waals surface area contributed by atoms with Gasteiger partial charge in [0.1, 0.15) is 0 Å². The number of amides is 1. The summed E-state index contributed by atoms with van der Waals surface area (Å²) < 4.78 is 25.3. The lowest BCUT2D eigenvalue weighted by Gasteiger charge is -2.21. The largest absolute Gasteiger partial charge is 0.348 e. The zero-order chi connectivity index (χ0) is 17.3. The number of hydrogen-bond acceptors (Lipinski definition) is 4. The van der Waals surface area contributed by atoms with Gasteiger partial charge in [-0.1, -0.05) is 0 Å². The van der Waals surface area contributed by atoms with Gasteiger partial charge >= 0.3 is 0 Å². The molecule has 0 fully saturated rings. The minimum Gasteiger partial charge on any atom is -0.348 e. The van der Waals surface area contributed by atoms with E-state index < -0.39 is 10.0 Å². The van der Waals surface area contributed by atoms with Gasteiger partial charge in [0.05, 0.1) is 11.9 Å². The van der Waals surface area contributed by atoms with Gasteiger partial charge in [-0.3, -0.25) is 14.1 Å². The van der Waals surface area contributed by atoms with Crippen molar-refractivity contribution in [1.29, 1.82) is 0 Å². The number of nitrogens with zero attached hydrogens (tertiary/aromatic N) is 2. The fourth-order valence-corrected chi connectivity index (χ4v) is 4.30. The molecule has 3 rings (SSSR count). The molecule has 126 valence electrons. The summed E-state index contributed by atoms with van der Waals surface area (Å²) in [5.41, 5.74) is 3.04. The first-order valence-corrected chi connectivity index (χ1v) is 9.50. The summed E-state index contributed by atoms with van der Waals surface area (Å²) in [7, 11) is -3.32. The van der Waals surface area contributed by atoms with E-state index in [9.17, 15) is 13.2 Å². The van der Waals surface area contributed by atoms with Crippen molar-refractivity contribution < 1.29 is 13.2 Å². The van der Waals surface area contributed by atoms with Crippen LogP contribution in [0, 0.1) is 0 Å². The third kappa shape index (κ3) is 3.26. The van der Waals surface area contributed by atoms with Gasteiger partial charge in [-0.05, 0) is 54.8 Å². The molecule has 0 saturated carbocycles. The Morgan fingerprint density at radius 2 is 2.00 bits per heavy atom. The Morgan fingerprint density at radius 3 is 2.67 bits per heavy atom. The van der Waals surface area contributed by atoms with Crippen LogP contribution < -0.4 is 9.62 Å². The first-order valence-electron chi connectivity index (χ1n) is 7.65. The van der Waals surface area contributed by atoms with Crippen molar-refractivity contribution in [1.82, 2.24) is 10.3 Å². The van der Waals surface area contributed by atoms with Gasteiger partial charge in [-0.25, -0.2) is 8.42 Å². The van der Waals surface area contributed by atoms with Crippen LogP contribution in [0.4, 0.5) is 5.69 Å². The number of fused-ring (bicyclic) bond motifs is 1. The Bertz CT molecular complexity index is 866. The van der Waals surface area contributed by atoms with E-state index >= 15 is 0 Å². The third-order valence-electron chi connectivity index (χ3n) is 4.05. The number of anilines is 1. The van der Waals surface area contributed by atoms with Crippen molar-refractivity contribution in [3.63, 3.8) is 0 Å². The number of carbonyl (C=O) groups excluding carboxylic acids is 1. The Hall–Kier alpha value is -2.41. The minimum absolute atomic E-state index is 0.134. The van der Waals surface area contributed by atoms with Crippen molar-refractivity contribution >= 4 is 21.6 Å². The predicted molar refractivity (Wildman–Crippen MR) is 92.3 cm³/mol. The summed E-state index contributed by atoms with van der Waals surface area (Å²) in [6, 6.07) is 8.70. The Kier molecular flexibility index (Phi) is 4.28. The molecule has 0 saturated heterocycles. The van der Waals surface area contributed by atoms with E-state index in [-0.39, 0.29) is 11.9 Å². The van der Waals surface area contributed by atoms with Gasteiger partial charge in [-0.15, -0.1) is 0 Å². The molecular weight excluding hydrogens is 326 g/mol. The van der Waals surface area contributed by atoms with Gasteiger partial charge in [0, 0.05) is 30.5 Å². The average Bonchev–Trinajstić information content (AvgIpc) is 2.88. The maximum Gasteiger partial charge on any atom is 0.251 e. The fraction of sp³-hybridized carbons (Fsp3) is 0.294. The van der Waals surface area contributed by atoms with E-state index in [1.807, 2.05) is 19.1 Å². The molecule has 0 spiro atoms. The van der Waals surface area contributed by atoms with Crippen LogP contribution >= 0.6 is 0 Å². The first-order chi connectivity index (χ1) is 11.4. The number of aromatic nitrogens is 1. The summed E-state index contributed by atoms with van der Waals surface area (Å²) >= 11 is 0. The lowest BCUT2D eigenvalue weighted by atomic mass is 10.1. The molecule has 1 aromatic carbocycles. The number of pyridine rings is 1. The SMILES string of the molecule is CC1Cc2cc(C(=O)NCc3ccncc3)ccc2N1S(C)(=O)=O. The second kappa shape index (κ2) is 6.24. The molecule has 0 bridgehead atoms. The molecule has 1 atom stereocenters. The fourth-order valence-electron chi connectivity index (χ4n) is 3.03. The molecule has 0 aliphatic carbocycles. The highest BCUT2D eigenvalue weighted by Crippen LogP contribution is 2.34. The number of nitrogens with one attached hydrogen (secondary N) is 1. The number of sulfonamides is 1. The van der Waals surface area contributed by atoms with Crippen molar-refractivity contribution in [2.24, 2.45) is 0 Å². The normalized spacial score (nSPS) is 16.8. The quantitative estimate of drug-likeness (QED) is 0.915. The van der Waals surface area contributed by atoms with Crippen LogP contribution in [0.2, 0.25) is 0 Å². The molecule has 1 unspecified atom stereocenters. The van der Waals surface area contributed by atoms with Crippen LogP contribution in [-0.2, 0) is 23.0 Å². The molecule has 1 aliphatic rings.